The van der Waals surface area contributed by atoms with E-state index in [1.54, 1.807) is 0 Å². The fourth-order valence-corrected chi connectivity index (χ4v) is 2.02. The summed E-state index contributed by atoms with van der Waals surface area (Å²) in [6.07, 6.45) is 3.78. The van der Waals surface area contributed by atoms with Gasteiger partial charge in [-0.2, -0.15) is 0 Å². The molecule has 0 N–H and O–H groups in total. The molecule has 0 aromatic rings. The molecular formula is C11H14O2. The van der Waals surface area contributed by atoms with E-state index in [4.69, 9.17) is 4.74 Å². The first-order chi connectivity index (χ1) is 6.03. The Balaban J connectivity index is 2.43. The molecule has 1 aliphatic carbocycles. The third-order valence-electron chi connectivity index (χ3n) is 2.62. The molecule has 0 atom stereocenters. The number of allylic oxidation sites excluding steroid dienone is 2. The highest BCUT2D eigenvalue weighted by Gasteiger charge is 2.37. The van der Waals surface area contributed by atoms with E-state index in [1.807, 2.05) is 6.92 Å². The molecule has 1 heterocycles. The largest absolute Gasteiger partial charge is 0.423 e. The lowest BCUT2D eigenvalue weighted by Crippen LogP contribution is -2.05. The van der Waals surface area contributed by atoms with Crippen LogP contribution < -0.4 is 0 Å². The standard InChI is InChI=1S/C11H14O2/c1-4-7-8-5-11(2,3)6-9(8)13-10(7)12/h6H,4-5H2,1-3H3. The third-order valence-corrected chi connectivity index (χ3v) is 2.62. The van der Waals surface area contributed by atoms with E-state index in [-0.39, 0.29) is 11.4 Å². The first kappa shape index (κ1) is 8.54. The quantitative estimate of drug-likeness (QED) is 0.577. The van der Waals surface area contributed by atoms with Crippen molar-refractivity contribution in [2.24, 2.45) is 5.41 Å². The van der Waals surface area contributed by atoms with Crippen LogP contribution in [0.3, 0.4) is 0 Å². The molecule has 0 saturated heterocycles. The van der Waals surface area contributed by atoms with E-state index in [0.29, 0.717) is 0 Å². The molecule has 2 nitrogen and oxygen atoms in total. The minimum Gasteiger partial charge on any atom is -0.423 e. The summed E-state index contributed by atoms with van der Waals surface area (Å²) >= 11 is 0. The molecule has 2 aliphatic rings. The van der Waals surface area contributed by atoms with Crippen molar-refractivity contribution >= 4 is 5.97 Å². The highest BCUT2D eigenvalue weighted by atomic mass is 16.5. The van der Waals surface area contributed by atoms with Gasteiger partial charge in [0.2, 0.25) is 0 Å². The van der Waals surface area contributed by atoms with Gasteiger partial charge in [0.1, 0.15) is 5.76 Å². The smallest absolute Gasteiger partial charge is 0.339 e. The Morgan fingerprint density at radius 1 is 1.54 bits per heavy atom. The van der Waals surface area contributed by atoms with E-state index in [0.717, 1.165) is 29.7 Å². The van der Waals surface area contributed by atoms with E-state index in [2.05, 4.69) is 19.9 Å². The zero-order valence-corrected chi connectivity index (χ0v) is 8.31. The minimum atomic E-state index is -0.140. The van der Waals surface area contributed by atoms with Crippen LogP contribution in [0.1, 0.15) is 33.6 Å². The van der Waals surface area contributed by atoms with Crippen LogP contribution in [-0.2, 0) is 9.53 Å². The summed E-state index contributed by atoms with van der Waals surface area (Å²) in [6, 6.07) is 0. The maximum atomic E-state index is 11.3. The van der Waals surface area contributed by atoms with Crippen molar-refractivity contribution in [2.45, 2.75) is 33.6 Å². The van der Waals surface area contributed by atoms with Gasteiger partial charge in [0.25, 0.3) is 0 Å². The fraction of sp³-hybridized carbons (Fsp3) is 0.545. The number of rotatable bonds is 1. The van der Waals surface area contributed by atoms with Gasteiger partial charge in [-0.25, -0.2) is 4.79 Å². The summed E-state index contributed by atoms with van der Waals surface area (Å²) in [6.45, 7) is 6.32. The summed E-state index contributed by atoms with van der Waals surface area (Å²) < 4.78 is 5.17. The van der Waals surface area contributed by atoms with E-state index in [1.165, 1.54) is 0 Å². The zero-order chi connectivity index (χ0) is 9.64. The molecular weight excluding hydrogens is 164 g/mol. The Morgan fingerprint density at radius 2 is 2.23 bits per heavy atom. The van der Waals surface area contributed by atoms with Crippen molar-refractivity contribution in [1.29, 1.82) is 0 Å². The van der Waals surface area contributed by atoms with Crippen LogP contribution in [0, 0.1) is 5.41 Å². The average molecular weight is 178 g/mol. The van der Waals surface area contributed by atoms with Crippen LogP contribution >= 0.6 is 0 Å². The van der Waals surface area contributed by atoms with Crippen LogP contribution in [-0.4, -0.2) is 5.97 Å². The molecule has 0 fully saturated rings. The summed E-state index contributed by atoms with van der Waals surface area (Å²) in [5.74, 6) is 0.672. The Labute approximate surface area is 78.3 Å². The van der Waals surface area contributed by atoms with Gasteiger partial charge in [-0.15, -0.1) is 0 Å². The predicted octanol–water partition coefficient (Wildman–Crippen LogP) is 2.56. The number of carbonyl (C=O) groups excluding carboxylic acids is 1. The van der Waals surface area contributed by atoms with Gasteiger partial charge >= 0.3 is 5.97 Å². The first-order valence-corrected chi connectivity index (χ1v) is 4.71. The molecule has 0 spiro atoms. The maximum absolute atomic E-state index is 11.3. The molecule has 0 amide bonds. The number of carbonyl (C=O) groups is 1. The molecule has 13 heavy (non-hydrogen) atoms. The lowest BCUT2D eigenvalue weighted by atomic mass is 9.91. The maximum Gasteiger partial charge on any atom is 0.339 e. The van der Waals surface area contributed by atoms with Gasteiger partial charge in [-0.3, -0.25) is 0 Å². The van der Waals surface area contributed by atoms with Crippen molar-refractivity contribution in [3.05, 3.63) is 23.0 Å². The second kappa shape index (κ2) is 2.47. The monoisotopic (exact) mass is 178 g/mol. The molecule has 0 saturated carbocycles. The fourth-order valence-electron chi connectivity index (χ4n) is 2.02. The highest BCUT2D eigenvalue weighted by Crippen LogP contribution is 2.45. The Morgan fingerprint density at radius 3 is 2.85 bits per heavy atom. The van der Waals surface area contributed by atoms with Crippen molar-refractivity contribution in [3.8, 4) is 0 Å². The normalized spacial score (nSPS) is 24.5. The summed E-state index contributed by atoms with van der Waals surface area (Å²) in [5.41, 5.74) is 2.17. The number of fused-ring (bicyclic) bond motifs is 1. The van der Waals surface area contributed by atoms with Gasteiger partial charge in [0.05, 0.1) is 0 Å². The van der Waals surface area contributed by atoms with Crippen LogP contribution in [0.15, 0.2) is 23.0 Å². The number of ether oxygens (including phenoxy) is 1. The van der Waals surface area contributed by atoms with Gasteiger partial charge in [-0.05, 0) is 24.3 Å². The van der Waals surface area contributed by atoms with Crippen molar-refractivity contribution in [1.82, 2.24) is 0 Å². The second-order valence-corrected chi connectivity index (χ2v) is 4.37. The number of hydrogen-bond donors (Lipinski definition) is 0. The third kappa shape index (κ3) is 1.21. The summed E-state index contributed by atoms with van der Waals surface area (Å²) in [7, 11) is 0. The van der Waals surface area contributed by atoms with Crippen molar-refractivity contribution in [3.63, 3.8) is 0 Å². The molecule has 70 valence electrons. The number of esters is 1. The Bertz CT molecular complexity index is 332. The highest BCUT2D eigenvalue weighted by molar-refractivity contribution is 5.94. The van der Waals surface area contributed by atoms with Crippen LogP contribution in [0.5, 0.6) is 0 Å². The Hall–Kier alpha value is -1.05. The molecule has 2 rings (SSSR count). The molecule has 2 heteroatoms. The van der Waals surface area contributed by atoms with Crippen LogP contribution in [0.2, 0.25) is 0 Å². The second-order valence-electron chi connectivity index (χ2n) is 4.37. The SMILES string of the molecule is CCC1=C2CC(C)(C)C=C2OC1=O. The molecule has 0 radical (unpaired) electrons. The lowest BCUT2D eigenvalue weighted by Gasteiger charge is -2.13. The zero-order valence-electron chi connectivity index (χ0n) is 8.31. The van der Waals surface area contributed by atoms with Crippen LogP contribution in [0.4, 0.5) is 0 Å². The predicted molar refractivity (Wildman–Crippen MR) is 49.9 cm³/mol. The van der Waals surface area contributed by atoms with Crippen molar-refractivity contribution in [2.75, 3.05) is 0 Å². The van der Waals surface area contributed by atoms with Crippen molar-refractivity contribution < 1.29 is 9.53 Å². The molecule has 0 aromatic carbocycles. The Kier molecular flexibility index (Phi) is 1.62. The summed E-state index contributed by atoms with van der Waals surface area (Å²) in [5, 5.41) is 0. The minimum absolute atomic E-state index is 0.140. The molecule has 0 aromatic heterocycles. The molecule has 0 unspecified atom stereocenters. The topological polar surface area (TPSA) is 26.3 Å². The van der Waals surface area contributed by atoms with E-state index in [9.17, 15) is 4.79 Å². The number of hydrogen-bond acceptors (Lipinski definition) is 2. The van der Waals surface area contributed by atoms with Gasteiger partial charge in [0.15, 0.2) is 0 Å². The average Bonchev–Trinajstić information content (AvgIpc) is 2.39. The van der Waals surface area contributed by atoms with Gasteiger partial charge in [0, 0.05) is 11.1 Å². The first-order valence-electron chi connectivity index (χ1n) is 4.71. The van der Waals surface area contributed by atoms with Crippen LogP contribution in [0.25, 0.3) is 0 Å². The molecule has 0 bridgehead atoms. The van der Waals surface area contributed by atoms with Gasteiger partial charge in [-0.1, -0.05) is 20.8 Å². The lowest BCUT2D eigenvalue weighted by molar-refractivity contribution is -0.133. The molecule has 1 aliphatic heterocycles. The van der Waals surface area contributed by atoms with E-state index < -0.39 is 0 Å². The van der Waals surface area contributed by atoms with Gasteiger partial charge < -0.3 is 4.74 Å². The summed E-state index contributed by atoms with van der Waals surface area (Å²) in [4.78, 5) is 11.3. The van der Waals surface area contributed by atoms with E-state index >= 15 is 0 Å².